The first-order chi connectivity index (χ1) is 7.70. The molecule has 0 amide bonds. The lowest BCUT2D eigenvalue weighted by Gasteiger charge is -2.01. The maximum absolute atomic E-state index is 11.7. The standard InChI is InChI=1S/C12H12O3S/c1-2-16(14)8-9-7-11(13)10-5-3-4-6-12(10)15-9/h3-7H,2,8H2,1H3. The summed E-state index contributed by atoms with van der Waals surface area (Å²) < 4.78 is 16.9. The van der Waals surface area contributed by atoms with Gasteiger partial charge in [-0.1, -0.05) is 19.1 Å². The number of para-hydroxylation sites is 1. The summed E-state index contributed by atoms with van der Waals surface area (Å²) in [6.07, 6.45) is 0. The highest BCUT2D eigenvalue weighted by atomic mass is 32.2. The molecule has 1 atom stereocenters. The van der Waals surface area contributed by atoms with Crippen molar-refractivity contribution in [1.82, 2.24) is 0 Å². The summed E-state index contributed by atoms with van der Waals surface area (Å²) in [7, 11) is -0.962. The van der Waals surface area contributed by atoms with Crippen LogP contribution in [0.2, 0.25) is 0 Å². The summed E-state index contributed by atoms with van der Waals surface area (Å²) >= 11 is 0. The van der Waals surface area contributed by atoms with Crippen LogP contribution >= 0.6 is 0 Å². The topological polar surface area (TPSA) is 47.3 Å². The van der Waals surface area contributed by atoms with Gasteiger partial charge in [-0.25, -0.2) is 0 Å². The number of hydrogen-bond donors (Lipinski definition) is 0. The molecule has 1 heterocycles. The summed E-state index contributed by atoms with van der Waals surface area (Å²) in [5, 5.41) is 0.563. The van der Waals surface area contributed by atoms with Crippen LogP contribution in [0.5, 0.6) is 0 Å². The van der Waals surface area contributed by atoms with Crippen molar-refractivity contribution in [2.45, 2.75) is 12.7 Å². The number of hydrogen-bond acceptors (Lipinski definition) is 3. The van der Waals surface area contributed by atoms with Gasteiger partial charge in [-0.15, -0.1) is 0 Å². The number of fused-ring (bicyclic) bond motifs is 1. The monoisotopic (exact) mass is 236 g/mol. The average Bonchev–Trinajstić information content (AvgIpc) is 2.29. The summed E-state index contributed by atoms with van der Waals surface area (Å²) in [5.41, 5.74) is 0.475. The minimum atomic E-state index is -0.962. The first-order valence-corrected chi connectivity index (χ1v) is 6.56. The lowest BCUT2D eigenvalue weighted by Crippen LogP contribution is -2.05. The summed E-state index contributed by atoms with van der Waals surface area (Å²) in [5.74, 6) is 1.36. The molecule has 16 heavy (non-hydrogen) atoms. The third-order valence-electron chi connectivity index (χ3n) is 2.31. The quantitative estimate of drug-likeness (QED) is 0.819. The fourth-order valence-corrected chi connectivity index (χ4v) is 2.15. The number of rotatable bonds is 3. The van der Waals surface area contributed by atoms with E-state index in [4.69, 9.17) is 4.42 Å². The van der Waals surface area contributed by atoms with Crippen molar-refractivity contribution < 1.29 is 8.63 Å². The molecule has 2 aromatic rings. The van der Waals surface area contributed by atoms with Crippen molar-refractivity contribution in [2.75, 3.05) is 5.75 Å². The molecule has 0 aliphatic rings. The maximum atomic E-state index is 11.7. The molecule has 0 bridgehead atoms. The van der Waals surface area contributed by atoms with E-state index in [9.17, 15) is 9.00 Å². The van der Waals surface area contributed by atoms with Gasteiger partial charge < -0.3 is 4.42 Å². The Kier molecular flexibility index (Phi) is 3.19. The van der Waals surface area contributed by atoms with Gasteiger partial charge >= 0.3 is 0 Å². The van der Waals surface area contributed by atoms with Crippen molar-refractivity contribution in [3.05, 3.63) is 46.3 Å². The molecule has 0 saturated carbocycles. The zero-order chi connectivity index (χ0) is 11.5. The molecule has 0 saturated heterocycles. The van der Waals surface area contributed by atoms with Gasteiger partial charge in [0.2, 0.25) is 0 Å². The van der Waals surface area contributed by atoms with E-state index in [0.29, 0.717) is 28.2 Å². The third kappa shape index (κ3) is 2.22. The van der Waals surface area contributed by atoms with Crippen molar-refractivity contribution in [3.8, 4) is 0 Å². The molecule has 0 fully saturated rings. The van der Waals surface area contributed by atoms with Gasteiger partial charge in [0.1, 0.15) is 11.3 Å². The molecule has 0 aliphatic heterocycles. The normalized spacial score (nSPS) is 12.8. The molecule has 0 spiro atoms. The highest BCUT2D eigenvalue weighted by molar-refractivity contribution is 7.84. The van der Waals surface area contributed by atoms with Gasteiger partial charge in [0.15, 0.2) is 5.43 Å². The minimum Gasteiger partial charge on any atom is -0.460 e. The summed E-state index contributed by atoms with van der Waals surface area (Å²) in [6, 6.07) is 8.50. The average molecular weight is 236 g/mol. The lowest BCUT2D eigenvalue weighted by atomic mass is 10.2. The van der Waals surface area contributed by atoms with Gasteiger partial charge in [0, 0.05) is 22.6 Å². The Labute approximate surface area is 95.5 Å². The van der Waals surface area contributed by atoms with Gasteiger partial charge in [0.25, 0.3) is 0 Å². The van der Waals surface area contributed by atoms with E-state index in [1.54, 1.807) is 18.2 Å². The zero-order valence-corrected chi connectivity index (χ0v) is 9.75. The van der Waals surface area contributed by atoms with Crippen LogP contribution in [0.15, 0.2) is 39.5 Å². The van der Waals surface area contributed by atoms with Crippen LogP contribution in [-0.2, 0) is 16.6 Å². The Morgan fingerprint density at radius 2 is 2.06 bits per heavy atom. The largest absolute Gasteiger partial charge is 0.460 e. The first-order valence-electron chi connectivity index (χ1n) is 5.07. The maximum Gasteiger partial charge on any atom is 0.192 e. The van der Waals surface area contributed by atoms with E-state index in [0.717, 1.165) is 0 Å². The van der Waals surface area contributed by atoms with E-state index in [1.807, 2.05) is 13.0 Å². The van der Waals surface area contributed by atoms with Crippen LogP contribution in [-0.4, -0.2) is 9.96 Å². The molecule has 1 aromatic carbocycles. The van der Waals surface area contributed by atoms with Crippen molar-refractivity contribution in [1.29, 1.82) is 0 Å². The van der Waals surface area contributed by atoms with E-state index < -0.39 is 10.8 Å². The van der Waals surface area contributed by atoms with Gasteiger partial charge in [0.05, 0.1) is 11.1 Å². The molecule has 0 N–H and O–H groups in total. The molecule has 4 heteroatoms. The van der Waals surface area contributed by atoms with Gasteiger partial charge in [-0.05, 0) is 12.1 Å². The van der Waals surface area contributed by atoms with Crippen LogP contribution in [0, 0.1) is 0 Å². The fraction of sp³-hybridized carbons (Fsp3) is 0.250. The molecule has 1 aromatic heterocycles. The van der Waals surface area contributed by atoms with Crippen LogP contribution in [0.1, 0.15) is 12.7 Å². The summed E-state index contributed by atoms with van der Waals surface area (Å²) in [6.45, 7) is 1.84. The Balaban J connectivity index is 2.50. The molecular formula is C12H12O3S. The van der Waals surface area contributed by atoms with Gasteiger partial charge in [-0.2, -0.15) is 0 Å². The second-order valence-corrected chi connectivity index (χ2v) is 5.19. The number of benzene rings is 1. The van der Waals surface area contributed by atoms with E-state index in [-0.39, 0.29) is 5.43 Å². The van der Waals surface area contributed by atoms with Crippen LogP contribution in [0.25, 0.3) is 11.0 Å². The van der Waals surface area contributed by atoms with Crippen LogP contribution in [0.4, 0.5) is 0 Å². The lowest BCUT2D eigenvalue weighted by molar-refractivity contribution is 0.556. The first kappa shape index (κ1) is 11.1. The van der Waals surface area contributed by atoms with Crippen molar-refractivity contribution in [3.63, 3.8) is 0 Å². The highest BCUT2D eigenvalue weighted by Crippen LogP contribution is 2.12. The van der Waals surface area contributed by atoms with Gasteiger partial charge in [-0.3, -0.25) is 9.00 Å². The second kappa shape index (κ2) is 4.61. The molecule has 0 radical (unpaired) electrons. The van der Waals surface area contributed by atoms with Crippen LogP contribution < -0.4 is 5.43 Å². The smallest absolute Gasteiger partial charge is 0.192 e. The molecule has 1 unspecified atom stereocenters. The Hall–Kier alpha value is -1.42. The Morgan fingerprint density at radius 1 is 1.31 bits per heavy atom. The van der Waals surface area contributed by atoms with Crippen molar-refractivity contribution >= 4 is 21.8 Å². The van der Waals surface area contributed by atoms with Crippen molar-refractivity contribution in [2.24, 2.45) is 0 Å². The predicted octanol–water partition coefficient (Wildman–Crippen LogP) is 2.06. The SMILES string of the molecule is CCS(=O)Cc1cc(=O)c2ccccc2o1. The summed E-state index contributed by atoms with van der Waals surface area (Å²) in [4.78, 5) is 11.7. The highest BCUT2D eigenvalue weighted by Gasteiger charge is 2.06. The Bertz CT molecular complexity index is 586. The molecule has 0 aliphatic carbocycles. The molecule has 2 rings (SSSR count). The van der Waals surface area contributed by atoms with E-state index in [2.05, 4.69) is 0 Å². The Morgan fingerprint density at radius 3 is 2.81 bits per heavy atom. The molecule has 3 nitrogen and oxygen atoms in total. The zero-order valence-electron chi connectivity index (χ0n) is 8.93. The van der Waals surface area contributed by atoms with E-state index in [1.165, 1.54) is 6.07 Å². The van der Waals surface area contributed by atoms with E-state index >= 15 is 0 Å². The minimum absolute atomic E-state index is 0.0787. The molecule has 84 valence electrons. The fourth-order valence-electron chi connectivity index (χ4n) is 1.49. The predicted molar refractivity (Wildman–Crippen MR) is 64.9 cm³/mol. The second-order valence-electron chi connectivity index (χ2n) is 3.45. The third-order valence-corrected chi connectivity index (χ3v) is 3.56. The van der Waals surface area contributed by atoms with Crippen LogP contribution in [0.3, 0.4) is 0 Å². The molecular weight excluding hydrogens is 224 g/mol.